The number of hydrogen-bond acceptors (Lipinski definition) is 8. The highest BCUT2D eigenvalue weighted by Crippen LogP contribution is 2.52. The number of nitrogens with one attached hydrogen (secondary N) is 5. The summed E-state index contributed by atoms with van der Waals surface area (Å²) in [7, 11) is 2.60. The van der Waals surface area contributed by atoms with E-state index in [4.69, 9.17) is 19.4 Å². The van der Waals surface area contributed by atoms with E-state index in [2.05, 4.69) is 68.1 Å². The number of amides is 4. The minimum absolute atomic E-state index is 0.108. The highest BCUT2D eigenvalue weighted by Gasteiger charge is 2.56. The molecule has 1 saturated carbocycles. The molecule has 5 heterocycles. The van der Waals surface area contributed by atoms with Crippen molar-refractivity contribution in [2.24, 2.45) is 17.8 Å². The van der Waals surface area contributed by atoms with Crippen molar-refractivity contribution in [1.29, 1.82) is 0 Å². The summed E-state index contributed by atoms with van der Waals surface area (Å²) in [4.78, 5) is 75.7. The predicted octanol–water partition coefficient (Wildman–Crippen LogP) is 6.88. The van der Waals surface area contributed by atoms with E-state index < -0.39 is 29.8 Å². The summed E-state index contributed by atoms with van der Waals surface area (Å²) >= 11 is 0. The Bertz CT molecular complexity index is 2360. The van der Waals surface area contributed by atoms with Crippen LogP contribution < -0.4 is 10.6 Å². The van der Waals surface area contributed by atoms with Gasteiger partial charge in [0.2, 0.25) is 11.8 Å². The van der Waals surface area contributed by atoms with Gasteiger partial charge in [-0.25, -0.2) is 19.6 Å². The number of aromatic amines is 3. The number of imidazole rings is 2. The first-order valence-electron chi connectivity index (χ1n) is 20.5. The second kappa shape index (κ2) is 15.9. The minimum atomic E-state index is -0.702. The van der Waals surface area contributed by atoms with Gasteiger partial charge in [0.25, 0.3) is 0 Å². The van der Waals surface area contributed by atoms with Crippen molar-refractivity contribution in [3.63, 3.8) is 0 Å². The maximum absolute atomic E-state index is 14.0. The second-order valence-electron chi connectivity index (χ2n) is 16.8. The predicted molar refractivity (Wildman–Crippen MR) is 222 cm³/mol. The molecule has 3 aromatic heterocycles. The highest BCUT2D eigenvalue weighted by atomic mass is 16.5. The third-order valence-corrected chi connectivity index (χ3v) is 12.6. The van der Waals surface area contributed by atoms with Crippen LogP contribution in [0, 0.1) is 17.8 Å². The van der Waals surface area contributed by atoms with Gasteiger partial charge in [-0.1, -0.05) is 64.1 Å². The largest absolute Gasteiger partial charge is 0.453 e. The number of hydrogen-bond donors (Lipinski definition) is 5. The van der Waals surface area contributed by atoms with Crippen molar-refractivity contribution in [1.82, 2.24) is 45.4 Å². The normalized spacial score (nSPS) is 21.0. The van der Waals surface area contributed by atoms with Crippen LogP contribution in [0.25, 0.3) is 44.5 Å². The van der Waals surface area contributed by atoms with Gasteiger partial charge in [-0.15, -0.1) is 0 Å². The van der Waals surface area contributed by atoms with Gasteiger partial charge >= 0.3 is 12.2 Å². The maximum Gasteiger partial charge on any atom is 0.407 e. The Hall–Kier alpha value is -6.12. The lowest BCUT2D eigenvalue weighted by Gasteiger charge is -2.40. The van der Waals surface area contributed by atoms with E-state index in [9.17, 15) is 19.2 Å². The topological polar surface area (TPSA) is 190 Å². The van der Waals surface area contributed by atoms with Crippen molar-refractivity contribution in [3.05, 3.63) is 72.7 Å². The molecule has 5 atom stereocenters. The van der Waals surface area contributed by atoms with Crippen LogP contribution in [0.3, 0.4) is 0 Å². The lowest BCUT2D eigenvalue weighted by molar-refractivity contribution is -0.140. The lowest BCUT2D eigenvalue weighted by atomic mass is 9.93. The fraction of sp³-hybridized carbons (Fsp3) is 0.455. The number of aromatic nitrogens is 5. The Morgan fingerprint density at radius 1 is 0.797 bits per heavy atom. The number of nitrogens with zero attached hydrogens (tertiary/aromatic N) is 4. The van der Waals surface area contributed by atoms with Crippen LogP contribution in [-0.2, 0) is 24.6 Å². The molecule has 3 fully saturated rings. The molecule has 2 saturated heterocycles. The number of ether oxygens (including phenoxy) is 2. The van der Waals surface area contributed by atoms with Gasteiger partial charge in [-0.2, -0.15) is 0 Å². The Labute approximate surface area is 343 Å². The van der Waals surface area contributed by atoms with Crippen molar-refractivity contribution in [2.45, 2.75) is 83.5 Å². The first kappa shape index (κ1) is 39.7. The van der Waals surface area contributed by atoms with Crippen molar-refractivity contribution in [3.8, 4) is 33.6 Å². The number of fused-ring (bicyclic) bond motifs is 3. The number of piperidine rings is 1. The summed E-state index contributed by atoms with van der Waals surface area (Å²) in [6, 6.07) is 13.0. The SMILES string of the molecule is COC(=O)N[C@H](C(=O)N1CCC[C@H]1c1ncc(-c2ccc(-c3ccc(-c4cnc(C56CCC(CN5C(=O)[C@@H](NC(=O)OC)C(C)C)C6)[nH]4)cc3)c3cc[nH]c23)[nH]1)C(C)C. The number of methoxy groups -OCH3 is 2. The monoisotopic (exact) mass is 803 g/mol. The van der Waals surface area contributed by atoms with E-state index in [-0.39, 0.29) is 29.7 Å². The summed E-state index contributed by atoms with van der Waals surface area (Å²) in [5, 5.41) is 6.52. The average Bonchev–Trinajstić information content (AvgIpc) is 4.10. The van der Waals surface area contributed by atoms with Gasteiger partial charge in [-0.3, -0.25) is 9.59 Å². The molecule has 3 aliphatic rings. The van der Waals surface area contributed by atoms with Crippen LogP contribution in [0.4, 0.5) is 9.59 Å². The van der Waals surface area contributed by atoms with Crippen LogP contribution >= 0.6 is 0 Å². The summed E-state index contributed by atoms with van der Waals surface area (Å²) < 4.78 is 9.61. The first-order valence-corrected chi connectivity index (χ1v) is 20.5. The fourth-order valence-corrected chi connectivity index (χ4v) is 9.47. The molecule has 2 unspecified atom stereocenters. The molecule has 310 valence electrons. The van der Waals surface area contributed by atoms with Crippen LogP contribution in [0.15, 0.2) is 61.1 Å². The van der Waals surface area contributed by atoms with E-state index in [1.54, 1.807) is 0 Å². The van der Waals surface area contributed by atoms with Crippen LogP contribution in [0.5, 0.6) is 0 Å². The lowest BCUT2D eigenvalue weighted by Crippen LogP contribution is -2.56. The minimum Gasteiger partial charge on any atom is -0.453 e. The number of carbonyl (C=O) groups excluding carboxylic acids is 4. The van der Waals surface area contributed by atoms with Crippen molar-refractivity contribution in [2.75, 3.05) is 27.3 Å². The summed E-state index contributed by atoms with van der Waals surface area (Å²) in [5.41, 5.74) is 6.20. The molecule has 2 aromatic carbocycles. The molecule has 59 heavy (non-hydrogen) atoms. The van der Waals surface area contributed by atoms with Crippen molar-refractivity contribution < 1.29 is 28.7 Å². The van der Waals surface area contributed by atoms with Gasteiger partial charge in [-0.05, 0) is 72.6 Å². The Kier molecular flexibility index (Phi) is 10.7. The molecule has 15 heteroatoms. The number of alkyl carbamates (subject to hydrolysis) is 2. The van der Waals surface area contributed by atoms with Gasteiger partial charge in [0.15, 0.2) is 0 Å². The van der Waals surface area contributed by atoms with Crippen LogP contribution in [-0.4, -0.2) is 98.1 Å². The van der Waals surface area contributed by atoms with Gasteiger partial charge in [0.1, 0.15) is 29.3 Å². The van der Waals surface area contributed by atoms with E-state index in [1.807, 2.05) is 56.1 Å². The summed E-state index contributed by atoms with van der Waals surface area (Å²) in [6.45, 7) is 8.87. The van der Waals surface area contributed by atoms with Crippen molar-refractivity contribution >= 4 is 34.9 Å². The molecule has 0 spiro atoms. The zero-order valence-electron chi connectivity index (χ0n) is 34.4. The molecule has 4 amide bonds. The number of H-pyrrole nitrogens is 3. The molecule has 15 nitrogen and oxygen atoms in total. The number of likely N-dealkylation sites (tertiary alicyclic amines) is 2. The molecule has 0 radical (unpaired) electrons. The van der Waals surface area contributed by atoms with Crippen LogP contribution in [0.2, 0.25) is 0 Å². The molecule has 2 bridgehead atoms. The third kappa shape index (κ3) is 7.20. The van der Waals surface area contributed by atoms with Gasteiger partial charge < -0.3 is 44.9 Å². The highest BCUT2D eigenvalue weighted by molar-refractivity contribution is 6.02. The van der Waals surface area contributed by atoms with E-state index in [0.717, 1.165) is 82.5 Å². The molecular formula is C44H53N9O6. The molecule has 1 aliphatic carbocycles. The third-order valence-electron chi connectivity index (χ3n) is 12.6. The zero-order chi connectivity index (χ0) is 41.6. The average molecular weight is 804 g/mol. The second-order valence-corrected chi connectivity index (χ2v) is 16.8. The number of benzene rings is 2. The first-order chi connectivity index (χ1) is 28.4. The molecular weight excluding hydrogens is 751 g/mol. The standard InChI is InChI=1S/C44H53N9O6/c1-24(2)35(50-42(56)58-5)39(54)52-19-7-8-34(52)38-46-22-33(48-38)31-14-13-29(30-16-18-45-37(30)31)27-9-11-28(12-10-27)32-21-47-41(49-32)44-17-15-26(20-44)23-53(44)40(55)36(25(3)4)51-43(57)59-6/h9-14,16,18,21-22,24-26,34-36,45H,7-8,15,17,19-20,23H2,1-6H3,(H,46,48)(H,47,49)(H,50,56)(H,51,57)/t26?,34-,35-,36-,44?/m0/s1. The summed E-state index contributed by atoms with van der Waals surface area (Å²) in [6.07, 6.45) is 8.64. The van der Waals surface area contributed by atoms with E-state index in [0.29, 0.717) is 24.8 Å². The maximum atomic E-state index is 14.0. The fourth-order valence-electron chi connectivity index (χ4n) is 9.47. The summed E-state index contributed by atoms with van der Waals surface area (Å²) in [5.74, 6) is 1.39. The molecule has 5 aromatic rings. The quantitative estimate of drug-likeness (QED) is 0.0955. The van der Waals surface area contributed by atoms with Gasteiger partial charge in [0, 0.05) is 30.2 Å². The van der Waals surface area contributed by atoms with E-state index in [1.165, 1.54) is 14.2 Å². The Balaban J connectivity index is 1.00. The smallest absolute Gasteiger partial charge is 0.407 e. The molecule has 5 N–H and O–H groups in total. The Morgan fingerprint density at radius 3 is 2.14 bits per heavy atom. The van der Waals surface area contributed by atoms with Gasteiger partial charge in [0.05, 0.1) is 49.6 Å². The molecule has 2 aliphatic heterocycles. The number of rotatable bonds is 11. The van der Waals surface area contributed by atoms with E-state index >= 15 is 0 Å². The van der Waals surface area contributed by atoms with Crippen LogP contribution in [0.1, 0.15) is 77.5 Å². The number of carbonyl (C=O) groups is 4. The zero-order valence-corrected chi connectivity index (χ0v) is 34.4. The molecule has 8 rings (SSSR count). The Morgan fingerprint density at radius 2 is 1.46 bits per heavy atom.